The van der Waals surface area contributed by atoms with Crippen LogP contribution in [0.4, 0.5) is 13.6 Å². The first-order valence-corrected chi connectivity index (χ1v) is 7.62. The molecule has 0 saturated heterocycles. The second kappa shape index (κ2) is 6.96. The van der Waals surface area contributed by atoms with Gasteiger partial charge in [-0.15, -0.1) is 0 Å². The number of hydrogen-bond donors (Lipinski definition) is 1. The van der Waals surface area contributed by atoms with Gasteiger partial charge in [-0.05, 0) is 5.56 Å². The van der Waals surface area contributed by atoms with Crippen LogP contribution >= 0.6 is 0 Å². The van der Waals surface area contributed by atoms with Crippen molar-refractivity contribution < 1.29 is 18.3 Å². The summed E-state index contributed by atoms with van der Waals surface area (Å²) in [7, 11) is 0. The van der Waals surface area contributed by atoms with Gasteiger partial charge in [0.25, 0.3) is 6.43 Å². The predicted molar refractivity (Wildman–Crippen MR) is 82.1 cm³/mol. The number of ether oxygens (including phenoxy) is 1. The first-order valence-electron chi connectivity index (χ1n) is 7.62. The number of aromatic nitrogens is 2. The van der Waals surface area contributed by atoms with E-state index in [0.717, 1.165) is 5.56 Å². The monoisotopic (exact) mass is 336 g/mol. The van der Waals surface area contributed by atoms with Gasteiger partial charge in [0.05, 0.1) is 12.2 Å². The summed E-state index contributed by atoms with van der Waals surface area (Å²) in [5.41, 5.74) is 6.48. The molecule has 6 nitrogen and oxygen atoms in total. The largest absolute Gasteiger partial charge is 0.445 e. The van der Waals surface area contributed by atoms with Crippen molar-refractivity contribution in [2.24, 2.45) is 5.73 Å². The van der Waals surface area contributed by atoms with Gasteiger partial charge in [0.2, 0.25) is 0 Å². The Hall–Kier alpha value is -2.48. The zero-order valence-electron chi connectivity index (χ0n) is 13.0. The highest BCUT2D eigenvalue weighted by Crippen LogP contribution is 2.26. The molecule has 1 aliphatic rings. The number of alkyl halides is 2. The summed E-state index contributed by atoms with van der Waals surface area (Å²) in [5.74, 6) is 0.411. The van der Waals surface area contributed by atoms with Crippen molar-refractivity contribution >= 4 is 6.09 Å². The Balaban J connectivity index is 1.67. The SMILES string of the molecule is NCc1c(C(F)F)nc2n1CCN(C(=O)OCc1ccccc1)C2. The molecule has 1 aliphatic heterocycles. The fraction of sp³-hybridized carbons (Fsp3) is 0.375. The topological polar surface area (TPSA) is 73.4 Å². The highest BCUT2D eigenvalue weighted by molar-refractivity contribution is 5.67. The van der Waals surface area contributed by atoms with Gasteiger partial charge in [-0.3, -0.25) is 4.90 Å². The van der Waals surface area contributed by atoms with Gasteiger partial charge >= 0.3 is 6.09 Å². The molecular weight excluding hydrogens is 318 g/mol. The smallest absolute Gasteiger partial charge is 0.410 e. The molecule has 2 N–H and O–H groups in total. The molecule has 0 aliphatic carbocycles. The van der Waals surface area contributed by atoms with E-state index < -0.39 is 12.5 Å². The number of hydrogen-bond acceptors (Lipinski definition) is 4. The Morgan fingerprint density at radius 2 is 2.04 bits per heavy atom. The minimum atomic E-state index is -2.68. The Morgan fingerprint density at radius 1 is 1.29 bits per heavy atom. The average molecular weight is 336 g/mol. The minimum Gasteiger partial charge on any atom is -0.445 e. The Labute approximate surface area is 137 Å². The lowest BCUT2D eigenvalue weighted by Gasteiger charge is -2.27. The van der Waals surface area contributed by atoms with Gasteiger partial charge in [-0.25, -0.2) is 18.6 Å². The van der Waals surface area contributed by atoms with Crippen LogP contribution in [0.3, 0.4) is 0 Å². The lowest BCUT2D eigenvalue weighted by Crippen LogP contribution is -2.39. The number of carbonyl (C=O) groups is 1. The summed E-state index contributed by atoms with van der Waals surface area (Å²) in [6.45, 7) is 1.04. The van der Waals surface area contributed by atoms with Crippen LogP contribution in [0.25, 0.3) is 0 Å². The van der Waals surface area contributed by atoms with Crippen molar-refractivity contribution in [2.75, 3.05) is 6.54 Å². The number of rotatable bonds is 4. The van der Waals surface area contributed by atoms with E-state index in [-0.39, 0.29) is 25.4 Å². The van der Waals surface area contributed by atoms with Crippen LogP contribution in [-0.2, 0) is 31.0 Å². The van der Waals surface area contributed by atoms with Gasteiger partial charge in [0, 0.05) is 19.6 Å². The number of nitrogens with zero attached hydrogens (tertiary/aromatic N) is 3. The fourth-order valence-corrected chi connectivity index (χ4v) is 2.77. The Kier molecular flexibility index (Phi) is 4.75. The molecule has 1 aromatic heterocycles. The van der Waals surface area contributed by atoms with Crippen molar-refractivity contribution in [2.45, 2.75) is 32.7 Å². The summed E-state index contributed by atoms with van der Waals surface area (Å²) >= 11 is 0. The maximum atomic E-state index is 13.0. The maximum absolute atomic E-state index is 13.0. The van der Waals surface area contributed by atoms with Gasteiger partial charge in [-0.2, -0.15) is 0 Å². The van der Waals surface area contributed by atoms with Crippen LogP contribution in [0.5, 0.6) is 0 Å². The van der Waals surface area contributed by atoms with Crippen LogP contribution < -0.4 is 5.73 Å². The van der Waals surface area contributed by atoms with E-state index in [0.29, 0.717) is 24.6 Å². The van der Waals surface area contributed by atoms with Crippen molar-refractivity contribution in [3.8, 4) is 0 Å². The minimum absolute atomic E-state index is 0.00880. The molecule has 3 rings (SSSR count). The second-order valence-electron chi connectivity index (χ2n) is 5.48. The average Bonchev–Trinajstić information content (AvgIpc) is 2.98. The number of halogens is 2. The van der Waals surface area contributed by atoms with Crippen LogP contribution in [0.1, 0.15) is 29.2 Å². The van der Waals surface area contributed by atoms with Crippen molar-refractivity contribution in [3.05, 3.63) is 53.1 Å². The number of fused-ring (bicyclic) bond motifs is 1. The number of carbonyl (C=O) groups excluding carboxylic acids is 1. The molecule has 128 valence electrons. The summed E-state index contributed by atoms with van der Waals surface area (Å²) in [4.78, 5) is 17.6. The van der Waals surface area contributed by atoms with E-state index >= 15 is 0 Å². The molecule has 1 amide bonds. The molecule has 0 bridgehead atoms. The van der Waals surface area contributed by atoms with Crippen LogP contribution in [0, 0.1) is 0 Å². The van der Waals surface area contributed by atoms with Crippen LogP contribution in [0.15, 0.2) is 30.3 Å². The van der Waals surface area contributed by atoms with Crippen molar-refractivity contribution in [3.63, 3.8) is 0 Å². The molecule has 0 fully saturated rings. The van der Waals surface area contributed by atoms with E-state index in [4.69, 9.17) is 10.5 Å². The molecule has 1 aromatic carbocycles. The number of imidazole rings is 1. The maximum Gasteiger partial charge on any atom is 0.410 e. The highest BCUT2D eigenvalue weighted by Gasteiger charge is 2.29. The zero-order chi connectivity index (χ0) is 17.1. The summed E-state index contributed by atoms with van der Waals surface area (Å²) < 4.78 is 33.0. The third-order valence-electron chi connectivity index (χ3n) is 3.97. The number of amides is 1. The van der Waals surface area contributed by atoms with Crippen LogP contribution in [0.2, 0.25) is 0 Å². The number of nitrogens with two attached hydrogens (primary N) is 1. The van der Waals surface area contributed by atoms with Crippen LogP contribution in [-0.4, -0.2) is 27.1 Å². The fourth-order valence-electron chi connectivity index (χ4n) is 2.77. The molecule has 0 radical (unpaired) electrons. The van der Waals surface area contributed by atoms with Gasteiger partial charge in [-0.1, -0.05) is 30.3 Å². The lowest BCUT2D eigenvalue weighted by molar-refractivity contribution is 0.0859. The molecule has 0 atom stereocenters. The number of benzene rings is 1. The molecule has 0 unspecified atom stereocenters. The predicted octanol–water partition coefficient (Wildman–Crippen LogP) is 2.43. The summed E-state index contributed by atoms with van der Waals surface area (Å²) in [6.07, 6.45) is -3.17. The van der Waals surface area contributed by atoms with Gasteiger partial charge in [0.1, 0.15) is 18.1 Å². The molecule has 8 heteroatoms. The van der Waals surface area contributed by atoms with Gasteiger partial charge in [0.15, 0.2) is 0 Å². The molecule has 0 saturated carbocycles. The van der Waals surface area contributed by atoms with E-state index in [1.807, 2.05) is 30.3 Å². The third kappa shape index (κ3) is 3.23. The first-order chi connectivity index (χ1) is 11.6. The Morgan fingerprint density at radius 3 is 2.71 bits per heavy atom. The lowest BCUT2D eigenvalue weighted by atomic mass is 10.2. The van der Waals surface area contributed by atoms with E-state index in [2.05, 4.69) is 4.98 Å². The quantitative estimate of drug-likeness (QED) is 0.931. The van der Waals surface area contributed by atoms with E-state index in [1.54, 1.807) is 4.57 Å². The van der Waals surface area contributed by atoms with Crippen molar-refractivity contribution in [1.82, 2.24) is 14.5 Å². The van der Waals surface area contributed by atoms with Crippen molar-refractivity contribution in [1.29, 1.82) is 0 Å². The Bertz CT molecular complexity index is 718. The highest BCUT2D eigenvalue weighted by atomic mass is 19.3. The zero-order valence-corrected chi connectivity index (χ0v) is 13.0. The molecule has 2 heterocycles. The molecular formula is C16H18F2N4O2. The first kappa shape index (κ1) is 16.4. The van der Waals surface area contributed by atoms with Gasteiger partial charge < -0.3 is 15.0 Å². The summed E-state index contributed by atoms with van der Waals surface area (Å²) in [5, 5.41) is 0. The third-order valence-corrected chi connectivity index (χ3v) is 3.97. The molecule has 24 heavy (non-hydrogen) atoms. The molecule has 2 aromatic rings. The van der Waals surface area contributed by atoms with E-state index in [9.17, 15) is 13.6 Å². The summed E-state index contributed by atoms with van der Waals surface area (Å²) in [6, 6.07) is 9.32. The normalized spacial score (nSPS) is 13.9. The second-order valence-corrected chi connectivity index (χ2v) is 5.48. The molecule has 0 spiro atoms. The van der Waals surface area contributed by atoms with E-state index in [1.165, 1.54) is 4.90 Å². The standard InChI is InChI=1S/C16H18F2N4O2/c17-15(18)14-12(8-19)22-7-6-21(9-13(22)20-14)16(23)24-10-11-4-2-1-3-5-11/h1-5,15H,6-10,19H2.